The Morgan fingerprint density at radius 2 is 1.82 bits per heavy atom. The molecular formula is C17H14BrN3O. The largest absolute Gasteiger partial charge is 0.383 e. The molecule has 4 nitrogen and oxygen atoms in total. The lowest BCUT2D eigenvalue weighted by molar-refractivity contribution is 0.103. The van der Waals surface area contributed by atoms with Crippen molar-refractivity contribution in [1.82, 2.24) is 9.78 Å². The molecule has 2 aromatic carbocycles. The zero-order valence-electron chi connectivity index (χ0n) is 12.0. The maximum Gasteiger partial charge on any atom is 0.198 e. The quantitative estimate of drug-likeness (QED) is 0.727. The Bertz CT molecular complexity index is 837. The van der Waals surface area contributed by atoms with Crippen molar-refractivity contribution < 1.29 is 4.79 Å². The maximum atomic E-state index is 12.6. The summed E-state index contributed by atoms with van der Waals surface area (Å²) in [5, 5.41) is 4.27. The van der Waals surface area contributed by atoms with Crippen LogP contribution in [0.1, 0.15) is 21.5 Å². The molecule has 0 amide bonds. The number of ketones is 1. The molecule has 0 atom stereocenters. The van der Waals surface area contributed by atoms with Crippen LogP contribution in [0, 0.1) is 6.92 Å². The van der Waals surface area contributed by atoms with Gasteiger partial charge in [-0.1, -0.05) is 34.1 Å². The Morgan fingerprint density at radius 3 is 2.50 bits per heavy atom. The van der Waals surface area contributed by atoms with Crippen LogP contribution in [0.2, 0.25) is 0 Å². The van der Waals surface area contributed by atoms with E-state index in [-0.39, 0.29) is 5.78 Å². The van der Waals surface area contributed by atoms with Crippen LogP contribution in [0.4, 0.5) is 5.82 Å². The first-order valence-corrected chi connectivity index (χ1v) is 7.57. The third-order valence-corrected chi connectivity index (χ3v) is 4.03. The number of carbonyl (C=O) groups excluding carboxylic acids is 1. The van der Waals surface area contributed by atoms with Gasteiger partial charge in [-0.2, -0.15) is 5.10 Å². The number of para-hydroxylation sites is 1. The summed E-state index contributed by atoms with van der Waals surface area (Å²) in [6.07, 6.45) is 1.52. The highest BCUT2D eigenvalue weighted by Gasteiger charge is 2.18. The van der Waals surface area contributed by atoms with Gasteiger partial charge in [0.2, 0.25) is 0 Å². The summed E-state index contributed by atoms with van der Waals surface area (Å²) in [6.45, 7) is 1.98. The molecule has 0 aliphatic rings. The molecular weight excluding hydrogens is 342 g/mol. The van der Waals surface area contributed by atoms with Gasteiger partial charge in [0.05, 0.1) is 17.4 Å². The maximum absolute atomic E-state index is 12.6. The van der Waals surface area contributed by atoms with E-state index in [1.165, 1.54) is 6.20 Å². The number of nitrogens with two attached hydrogens (primary N) is 1. The second-order valence-corrected chi connectivity index (χ2v) is 5.89. The summed E-state index contributed by atoms with van der Waals surface area (Å²) < 4.78 is 2.52. The fraction of sp³-hybridized carbons (Fsp3) is 0.0588. The molecule has 0 bridgehead atoms. The van der Waals surface area contributed by atoms with Crippen molar-refractivity contribution >= 4 is 27.5 Å². The highest BCUT2D eigenvalue weighted by molar-refractivity contribution is 9.10. The van der Waals surface area contributed by atoms with Crippen LogP contribution < -0.4 is 5.73 Å². The van der Waals surface area contributed by atoms with Gasteiger partial charge in [-0.05, 0) is 42.8 Å². The molecule has 110 valence electrons. The van der Waals surface area contributed by atoms with Gasteiger partial charge in [-0.3, -0.25) is 4.79 Å². The van der Waals surface area contributed by atoms with Crippen LogP contribution in [-0.2, 0) is 0 Å². The number of nitrogens with zero attached hydrogens (tertiary/aromatic N) is 2. The van der Waals surface area contributed by atoms with E-state index in [2.05, 4.69) is 21.0 Å². The number of carbonyl (C=O) groups is 1. The van der Waals surface area contributed by atoms with E-state index in [4.69, 9.17) is 5.73 Å². The zero-order chi connectivity index (χ0) is 15.7. The molecule has 1 aromatic heterocycles. The van der Waals surface area contributed by atoms with E-state index < -0.39 is 0 Å². The highest BCUT2D eigenvalue weighted by Crippen LogP contribution is 2.22. The summed E-state index contributed by atoms with van der Waals surface area (Å²) in [5.41, 5.74) is 9.05. The Hall–Kier alpha value is -2.40. The Morgan fingerprint density at radius 1 is 1.14 bits per heavy atom. The smallest absolute Gasteiger partial charge is 0.198 e. The monoisotopic (exact) mass is 355 g/mol. The average molecular weight is 356 g/mol. The fourth-order valence-electron chi connectivity index (χ4n) is 2.28. The Labute approximate surface area is 136 Å². The molecule has 5 heteroatoms. The molecule has 0 spiro atoms. The van der Waals surface area contributed by atoms with Gasteiger partial charge in [0.1, 0.15) is 5.82 Å². The van der Waals surface area contributed by atoms with Gasteiger partial charge in [0.25, 0.3) is 0 Å². The lowest BCUT2D eigenvalue weighted by Gasteiger charge is -2.08. The number of rotatable bonds is 3. The molecule has 0 radical (unpaired) electrons. The van der Waals surface area contributed by atoms with Crippen molar-refractivity contribution in [2.45, 2.75) is 6.92 Å². The summed E-state index contributed by atoms with van der Waals surface area (Å²) in [7, 11) is 0. The van der Waals surface area contributed by atoms with Crippen LogP contribution in [0.5, 0.6) is 0 Å². The lowest BCUT2D eigenvalue weighted by atomic mass is 10.1. The van der Waals surface area contributed by atoms with Gasteiger partial charge in [-0.15, -0.1) is 0 Å². The van der Waals surface area contributed by atoms with Gasteiger partial charge >= 0.3 is 0 Å². The van der Waals surface area contributed by atoms with Crippen molar-refractivity contribution in [3.05, 3.63) is 75.9 Å². The first-order valence-electron chi connectivity index (χ1n) is 6.77. The van der Waals surface area contributed by atoms with E-state index in [1.807, 2.05) is 43.3 Å². The molecule has 0 unspecified atom stereocenters. The lowest BCUT2D eigenvalue weighted by Crippen LogP contribution is -2.08. The van der Waals surface area contributed by atoms with Crippen LogP contribution in [0.25, 0.3) is 5.69 Å². The predicted octanol–water partition coefficient (Wildman–Crippen LogP) is 3.76. The minimum Gasteiger partial charge on any atom is -0.383 e. The summed E-state index contributed by atoms with van der Waals surface area (Å²) in [4.78, 5) is 12.6. The molecule has 3 aromatic rings. The average Bonchev–Trinajstić information content (AvgIpc) is 2.89. The first kappa shape index (κ1) is 14.5. The van der Waals surface area contributed by atoms with Crippen molar-refractivity contribution in [2.24, 2.45) is 0 Å². The van der Waals surface area contributed by atoms with Crippen LogP contribution in [-0.4, -0.2) is 15.6 Å². The number of aromatic nitrogens is 2. The molecule has 0 saturated heterocycles. The molecule has 0 aliphatic carbocycles. The molecule has 0 saturated carbocycles. The number of nitrogen functional groups attached to an aromatic ring is 1. The minimum absolute atomic E-state index is 0.134. The number of halogens is 1. The molecule has 22 heavy (non-hydrogen) atoms. The van der Waals surface area contributed by atoms with Gasteiger partial charge in [-0.25, -0.2) is 4.68 Å². The van der Waals surface area contributed by atoms with Gasteiger partial charge in [0, 0.05) is 10.0 Å². The third-order valence-electron chi connectivity index (χ3n) is 3.50. The van der Waals surface area contributed by atoms with Crippen molar-refractivity contribution in [3.63, 3.8) is 0 Å². The summed E-state index contributed by atoms with van der Waals surface area (Å²) in [6, 6.07) is 14.9. The number of anilines is 1. The van der Waals surface area contributed by atoms with Crippen LogP contribution in [0.3, 0.4) is 0 Å². The normalized spacial score (nSPS) is 10.6. The number of aryl methyl sites for hydroxylation is 1. The Balaban J connectivity index is 2.02. The minimum atomic E-state index is -0.134. The van der Waals surface area contributed by atoms with Crippen LogP contribution >= 0.6 is 15.9 Å². The van der Waals surface area contributed by atoms with E-state index in [1.54, 1.807) is 16.8 Å². The first-order chi connectivity index (χ1) is 10.6. The molecule has 0 fully saturated rings. The molecule has 0 aliphatic heterocycles. The molecule has 3 rings (SSSR count). The van der Waals surface area contributed by atoms with E-state index >= 15 is 0 Å². The van der Waals surface area contributed by atoms with Crippen molar-refractivity contribution in [1.29, 1.82) is 0 Å². The van der Waals surface area contributed by atoms with E-state index in [0.717, 1.165) is 15.7 Å². The summed E-state index contributed by atoms with van der Waals surface area (Å²) in [5.74, 6) is 0.215. The second kappa shape index (κ2) is 5.77. The second-order valence-electron chi connectivity index (χ2n) is 4.98. The van der Waals surface area contributed by atoms with Crippen molar-refractivity contribution in [2.75, 3.05) is 5.73 Å². The highest BCUT2D eigenvalue weighted by atomic mass is 79.9. The standard InChI is InChI=1S/C17H14BrN3O/c1-11-4-2-3-5-15(11)21-17(19)14(10-20-21)16(22)12-6-8-13(18)9-7-12/h2-10H,19H2,1H3. The topological polar surface area (TPSA) is 60.9 Å². The number of hydrogen-bond donors (Lipinski definition) is 1. The number of hydrogen-bond acceptors (Lipinski definition) is 3. The van der Waals surface area contributed by atoms with Crippen molar-refractivity contribution in [3.8, 4) is 5.69 Å². The fourth-order valence-corrected chi connectivity index (χ4v) is 2.55. The van der Waals surface area contributed by atoms with E-state index in [9.17, 15) is 4.79 Å². The van der Waals surface area contributed by atoms with E-state index in [0.29, 0.717) is 16.9 Å². The zero-order valence-corrected chi connectivity index (χ0v) is 13.5. The van der Waals surface area contributed by atoms with Crippen LogP contribution in [0.15, 0.2) is 59.2 Å². The van der Waals surface area contributed by atoms with Gasteiger partial charge < -0.3 is 5.73 Å². The third kappa shape index (κ3) is 2.55. The van der Waals surface area contributed by atoms with Gasteiger partial charge in [0.15, 0.2) is 5.78 Å². The summed E-state index contributed by atoms with van der Waals surface area (Å²) >= 11 is 3.36. The number of benzene rings is 2. The SMILES string of the molecule is Cc1ccccc1-n1ncc(C(=O)c2ccc(Br)cc2)c1N. The molecule has 1 heterocycles. The predicted molar refractivity (Wildman–Crippen MR) is 90.3 cm³/mol. The molecule has 2 N–H and O–H groups in total. The Kier molecular flexibility index (Phi) is 3.81.